The van der Waals surface area contributed by atoms with Crippen LogP contribution in [0.15, 0.2) is 30.5 Å². The highest BCUT2D eigenvalue weighted by Crippen LogP contribution is 2.17. The smallest absolute Gasteiger partial charge is 0.256 e. The van der Waals surface area contributed by atoms with Crippen LogP contribution in [0.1, 0.15) is 48.1 Å². The Bertz CT molecular complexity index is 754. The van der Waals surface area contributed by atoms with Crippen LogP contribution in [0.3, 0.4) is 0 Å². The molecular weight excluding hydrogens is 328 g/mol. The first-order valence-corrected chi connectivity index (χ1v) is 8.83. The van der Waals surface area contributed by atoms with Gasteiger partial charge in [0.05, 0.1) is 6.61 Å². The number of amides is 1. The van der Waals surface area contributed by atoms with Crippen LogP contribution in [0.5, 0.6) is 0 Å². The van der Waals surface area contributed by atoms with Gasteiger partial charge in [0.25, 0.3) is 5.91 Å². The Balaban J connectivity index is 1.99. The maximum absolute atomic E-state index is 12.5. The number of hydrogen-bond donors (Lipinski definition) is 3. The first-order valence-electron chi connectivity index (χ1n) is 8.83. The number of carbonyl (C=O) groups is 1. The fourth-order valence-electron chi connectivity index (χ4n) is 2.42. The van der Waals surface area contributed by atoms with E-state index >= 15 is 0 Å². The molecule has 0 bridgehead atoms. The van der Waals surface area contributed by atoms with Gasteiger partial charge in [-0.25, -0.2) is 9.97 Å². The van der Waals surface area contributed by atoms with Crippen LogP contribution in [-0.2, 0) is 13.0 Å². The second-order valence-electron chi connectivity index (χ2n) is 7.58. The number of hydrogen-bond acceptors (Lipinski definition) is 5. The Morgan fingerprint density at radius 3 is 2.65 bits per heavy atom. The van der Waals surface area contributed by atoms with Crippen LogP contribution < -0.4 is 10.6 Å². The van der Waals surface area contributed by atoms with Crippen molar-refractivity contribution in [2.24, 2.45) is 5.41 Å². The summed E-state index contributed by atoms with van der Waals surface area (Å²) in [6.45, 7) is 9.39. The number of aliphatic hydroxyl groups is 1. The lowest BCUT2D eigenvalue weighted by Crippen LogP contribution is -2.28. The van der Waals surface area contributed by atoms with Crippen molar-refractivity contribution in [3.8, 4) is 0 Å². The average Bonchev–Trinajstić information content (AvgIpc) is 2.59. The van der Waals surface area contributed by atoms with Crippen molar-refractivity contribution in [1.29, 1.82) is 0 Å². The normalized spacial score (nSPS) is 11.3. The lowest BCUT2D eigenvalue weighted by atomic mass is 9.97. The van der Waals surface area contributed by atoms with Crippen LogP contribution in [0.25, 0.3) is 0 Å². The highest BCUT2D eigenvalue weighted by atomic mass is 16.3. The summed E-state index contributed by atoms with van der Waals surface area (Å²) in [5.41, 5.74) is 2.46. The zero-order valence-corrected chi connectivity index (χ0v) is 16.0. The minimum Gasteiger partial charge on any atom is -0.392 e. The molecule has 0 saturated heterocycles. The van der Waals surface area contributed by atoms with Gasteiger partial charge in [0, 0.05) is 19.3 Å². The molecule has 6 heteroatoms. The number of aromatic nitrogens is 2. The average molecular weight is 356 g/mol. The molecule has 0 radical (unpaired) electrons. The Labute approximate surface area is 155 Å². The van der Waals surface area contributed by atoms with Gasteiger partial charge in [0.1, 0.15) is 17.2 Å². The standard InChI is InChI=1S/C20H28N4O2/c1-14-22-11-17(18(24-14)23-13-20(2,3)4)19(26)21-9-8-15-6-5-7-16(10-15)12-25/h5-7,10-11,25H,8-9,12-13H2,1-4H3,(H,21,26)(H,22,23,24). The number of carbonyl (C=O) groups excluding carboxylic acids is 1. The van der Waals surface area contributed by atoms with Gasteiger partial charge in [-0.15, -0.1) is 0 Å². The molecule has 1 aromatic carbocycles. The van der Waals surface area contributed by atoms with Crippen molar-refractivity contribution < 1.29 is 9.90 Å². The number of rotatable bonds is 7. The topological polar surface area (TPSA) is 87.1 Å². The maximum Gasteiger partial charge on any atom is 0.256 e. The van der Waals surface area contributed by atoms with Crippen molar-refractivity contribution in [2.75, 3.05) is 18.4 Å². The summed E-state index contributed by atoms with van der Waals surface area (Å²) in [6.07, 6.45) is 2.26. The molecule has 0 aliphatic carbocycles. The van der Waals surface area contributed by atoms with E-state index in [1.165, 1.54) is 0 Å². The van der Waals surface area contributed by atoms with Crippen LogP contribution in [0.2, 0.25) is 0 Å². The Morgan fingerprint density at radius 1 is 1.23 bits per heavy atom. The third-order valence-corrected chi connectivity index (χ3v) is 3.81. The molecule has 1 amide bonds. The largest absolute Gasteiger partial charge is 0.392 e. The fourth-order valence-corrected chi connectivity index (χ4v) is 2.42. The van der Waals surface area contributed by atoms with Gasteiger partial charge in [-0.05, 0) is 29.9 Å². The first-order chi connectivity index (χ1) is 12.3. The van der Waals surface area contributed by atoms with Crippen molar-refractivity contribution >= 4 is 11.7 Å². The van der Waals surface area contributed by atoms with E-state index in [4.69, 9.17) is 0 Å². The minimum absolute atomic E-state index is 0.0176. The van der Waals surface area contributed by atoms with E-state index in [2.05, 4.69) is 41.4 Å². The molecule has 2 rings (SSSR count). The molecule has 26 heavy (non-hydrogen) atoms. The molecule has 0 atom stereocenters. The van der Waals surface area contributed by atoms with Crippen molar-refractivity contribution in [1.82, 2.24) is 15.3 Å². The Morgan fingerprint density at radius 2 is 1.96 bits per heavy atom. The number of anilines is 1. The summed E-state index contributed by atoms with van der Waals surface area (Å²) in [5, 5.41) is 15.4. The molecule has 1 aromatic heterocycles. The number of nitrogens with zero attached hydrogens (tertiary/aromatic N) is 2. The lowest BCUT2D eigenvalue weighted by molar-refractivity contribution is 0.0954. The van der Waals surface area contributed by atoms with Gasteiger partial charge in [-0.1, -0.05) is 45.0 Å². The second-order valence-corrected chi connectivity index (χ2v) is 7.58. The van der Waals surface area contributed by atoms with Gasteiger partial charge in [0.15, 0.2) is 0 Å². The summed E-state index contributed by atoms with van der Waals surface area (Å²) < 4.78 is 0. The van der Waals surface area contributed by atoms with E-state index in [9.17, 15) is 9.90 Å². The third kappa shape index (κ3) is 6.11. The van der Waals surface area contributed by atoms with E-state index in [0.29, 0.717) is 36.7 Å². The highest BCUT2D eigenvalue weighted by Gasteiger charge is 2.16. The molecule has 0 aliphatic heterocycles. The molecular formula is C20H28N4O2. The van der Waals surface area contributed by atoms with E-state index < -0.39 is 0 Å². The molecule has 3 N–H and O–H groups in total. The van der Waals surface area contributed by atoms with E-state index in [-0.39, 0.29) is 17.9 Å². The SMILES string of the molecule is Cc1ncc(C(=O)NCCc2cccc(CO)c2)c(NCC(C)(C)C)n1. The Kier molecular flexibility index (Phi) is 6.69. The monoisotopic (exact) mass is 356 g/mol. The van der Waals surface area contributed by atoms with Gasteiger partial charge in [-0.3, -0.25) is 4.79 Å². The molecule has 0 fully saturated rings. The van der Waals surface area contributed by atoms with Crippen molar-refractivity contribution in [3.63, 3.8) is 0 Å². The molecule has 0 spiro atoms. The van der Waals surface area contributed by atoms with E-state index in [0.717, 1.165) is 11.1 Å². The van der Waals surface area contributed by atoms with Crippen LogP contribution in [0, 0.1) is 12.3 Å². The maximum atomic E-state index is 12.5. The summed E-state index contributed by atoms with van der Waals surface area (Å²) in [6, 6.07) is 7.71. The molecule has 2 aromatic rings. The predicted molar refractivity (Wildman–Crippen MR) is 103 cm³/mol. The number of aliphatic hydroxyl groups excluding tert-OH is 1. The van der Waals surface area contributed by atoms with Gasteiger partial charge < -0.3 is 15.7 Å². The zero-order valence-electron chi connectivity index (χ0n) is 16.0. The summed E-state index contributed by atoms with van der Waals surface area (Å²) in [7, 11) is 0. The summed E-state index contributed by atoms with van der Waals surface area (Å²) in [4.78, 5) is 21.1. The van der Waals surface area contributed by atoms with Gasteiger partial charge in [0.2, 0.25) is 0 Å². The number of benzene rings is 1. The van der Waals surface area contributed by atoms with Gasteiger partial charge in [-0.2, -0.15) is 0 Å². The molecule has 1 heterocycles. The van der Waals surface area contributed by atoms with Crippen LogP contribution in [-0.4, -0.2) is 34.1 Å². The molecule has 6 nitrogen and oxygen atoms in total. The quantitative estimate of drug-likeness (QED) is 0.710. The highest BCUT2D eigenvalue weighted by molar-refractivity contribution is 5.98. The number of aryl methyl sites for hydroxylation is 1. The van der Waals surface area contributed by atoms with Crippen molar-refractivity contribution in [2.45, 2.75) is 40.7 Å². The lowest BCUT2D eigenvalue weighted by Gasteiger charge is -2.20. The molecule has 140 valence electrons. The van der Waals surface area contributed by atoms with E-state index in [1.54, 1.807) is 13.1 Å². The molecule has 0 unspecified atom stereocenters. The van der Waals surface area contributed by atoms with Crippen LogP contribution in [0.4, 0.5) is 5.82 Å². The Hall–Kier alpha value is -2.47. The number of nitrogens with one attached hydrogen (secondary N) is 2. The summed E-state index contributed by atoms with van der Waals surface area (Å²) >= 11 is 0. The van der Waals surface area contributed by atoms with E-state index in [1.807, 2.05) is 24.3 Å². The molecule has 0 saturated carbocycles. The minimum atomic E-state index is -0.195. The molecule has 0 aliphatic rings. The first kappa shape index (κ1) is 19.8. The zero-order chi connectivity index (χ0) is 19.2. The van der Waals surface area contributed by atoms with Crippen molar-refractivity contribution in [3.05, 3.63) is 53.0 Å². The summed E-state index contributed by atoms with van der Waals surface area (Å²) in [5.74, 6) is 0.991. The van der Waals surface area contributed by atoms with Gasteiger partial charge >= 0.3 is 0 Å². The predicted octanol–water partition coefficient (Wildman–Crippen LogP) is 2.71. The fraction of sp³-hybridized carbons (Fsp3) is 0.450. The third-order valence-electron chi connectivity index (χ3n) is 3.81. The second kappa shape index (κ2) is 8.76. The van der Waals surface area contributed by atoms with Crippen LogP contribution >= 0.6 is 0 Å².